The van der Waals surface area contributed by atoms with Gasteiger partial charge in [0.15, 0.2) is 5.76 Å². The number of halogens is 4. The van der Waals surface area contributed by atoms with Crippen molar-refractivity contribution in [3.63, 3.8) is 0 Å². The summed E-state index contributed by atoms with van der Waals surface area (Å²) in [7, 11) is 0. The van der Waals surface area contributed by atoms with Crippen molar-refractivity contribution in [3.05, 3.63) is 48.0 Å². The predicted octanol–water partition coefficient (Wildman–Crippen LogP) is 5.66. The molecule has 2 aromatic heterocycles. The molecule has 8 nitrogen and oxygen atoms in total. The molecule has 3 aliphatic rings. The maximum absolute atomic E-state index is 12.4. The smallest absolute Gasteiger partial charge is 0.424 e. The number of benzene rings is 1. The van der Waals surface area contributed by atoms with Gasteiger partial charge in [-0.2, -0.15) is 0 Å². The predicted molar refractivity (Wildman–Crippen MR) is 136 cm³/mol. The number of fused-ring (bicyclic) bond motifs is 2. The van der Waals surface area contributed by atoms with Crippen LogP contribution in [0.3, 0.4) is 0 Å². The molecule has 2 aliphatic carbocycles. The highest BCUT2D eigenvalue weighted by Gasteiger charge is 2.46. The minimum atomic E-state index is -4.73. The first-order valence-corrected chi connectivity index (χ1v) is 13.3. The van der Waals surface area contributed by atoms with Gasteiger partial charge in [0, 0.05) is 42.3 Å². The van der Waals surface area contributed by atoms with Crippen LogP contribution in [0.15, 0.2) is 47.3 Å². The summed E-state index contributed by atoms with van der Waals surface area (Å²) in [5.41, 5.74) is 0.616. The zero-order chi connectivity index (χ0) is 26.3. The van der Waals surface area contributed by atoms with Gasteiger partial charge >= 0.3 is 6.36 Å². The second-order valence-corrected chi connectivity index (χ2v) is 10.7. The van der Waals surface area contributed by atoms with Crippen LogP contribution in [0.4, 0.5) is 25.0 Å². The Bertz CT molecular complexity index is 1260. The van der Waals surface area contributed by atoms with Crippen molar-refractivity contribution in [2.45, 2.75) is 69.1 Å². The van der Waals surface area contributed by atoms with E-state index in [-0.39, 0.29) is 17.8 Å². The summed E-state index contributed by atoms with van der Waals surface area (Å²) in [6.45, 7) is 0.991. The summed E-state index contributed by atoms with van der Waals surface area (Å²) in [5, 5.41) is 7.86. The van der Waals surface area contributed by atoms with Crippen molar-refractivity contribution in [1.82, 2.24) is 20.3 Å². The highest BCUT2D eigenvalue weighted by molar-refractivity contribution is 6.29. The van der Waals surface area contributed by atoms with Gasteiger partial charge in [0.25, 0.3) is 6.01 Å². The number of alkyl halides is 3. The molecule has 3 heterocycles. The Morgan fingerprint density at radius 2 is 1.79 bits per heavy atom. The Labute approximate surface area is 222 Å². The first kappa shape index (κ1) is 25.2. The van der Waals surface area contributed by atoms with Crippen LogP contribution in [0.5, 0.6) is 5.75 Å². The number of oxazole rings is 1. The van der Waals surface area contributed by atoms with Crippen molar-refractivity contribution in [2.75, 3.05) is 16.8 Å². The molecule has 2 N–H and O–H groups in total. The number of aromatic nitrogens is 3. The number of ether oxygens (including phenoxy) is 1. The second-order valence-electron chi connectivity index (χ2n) is 10.3. The Balaban J connectivity index is 1.10. The van der Waals surface area contributed by atoms with Crippen LogP contribution in [-0.2, 0) is 0 Å². The molecular formula is C26H28ClF3N6O2. The molecule has 38 heavy (non-hydrogen) atoms. The minimum Gasteiger partial charge on any atom is -0.424 e. The quantitative estimate of drug-likeness (QED) is 0.366. The summed E-state index contributed by atoms with van der Waals surface area (Å²) < 4.78 is 47.1. The number of anilines is 2. The lowest BCUT2D eigenvalue weighted by Gasteiger charge is -2.40. The molecule has 202 valence electrons. The van der Waals surface area contributed by atoms with E-state index in [1.54, 1.807) is 6.20 Å². The lowest BCUT2D eigenvalue weighted by atomic mass is 9.89. The topological polar surface area (TPSA) is 88.3 Å². The number of nitrogens with zero attached hydrogens (tertiary/aromatic N) is 4. The van der Waals surface area contributed by atoms with Gasteiger partial charge in [0.2, 0.25) is 0 Å². The zero-order valence-electron chi connectivity index (χ0n) is 20.5. The molecule has 2 bridgehead atoms. The van der Waals surface area contributed by atoms with Crippen LogP contribution < -0.4 is 20.3 Å². The van der Waals surface area contributed by atoms with Gasteiger partial charge in [0.1, 0.15) is 23.0 Å². The lowest BCUT2D eigenvalue weighted by molar-refractivity contribution is -0.274. The molecule has 0 amide bonds. The third kappa shape index (κ3) is 5.54. The third-order valence-electron chi connectivity index (χ3n) is 7.78. The molecule has 1 saturated heterocycles. The Hall–Kier alpha value is -3.05. The maximum Gasteiger partial charge on any atom is 0.573 e. The van der Waals surface area contributed by atoms with E-state index in [1.807, 2.05) is 6.07 Å². The number of rotatable bonds is 7. The van der Waals surface area contributed by atoms with E-state index >= 15 is 0 Å². The Kier molecular flexibility index (Phi) is 6.81. The van der Waals surface area contributed by atoms with Crippen molar-refractivity contribution < 1.29 is 22.3 Å². The number of nitrogens with one attached hydrogen (secondary N) is 2. The highest BCUT2D eigenvalue weighted by Crippen LogP contribution is 2.41. The van der Waals surface area contributed by atoms with E-state index in [0.29, 0.717) is 40.5 Å². The van der Waals surface area contributed by atoms with Gasteiger partial charge < -0.3 is 24.7 Å². The molecular weight excluding hydrogens is 521 g/mol. The van der Waals surface area contributed by atoms with E-state index in [2.05, 4.69) is 35.2 Å². The number of hydrogen-bond acceptors (Lipinski definition) is 8. The Morgan fingerprint density at radius 3 is 2.53 bits per heavy atom. The molecule has 2 saturated carbocycles. The van der Waals surface area contributed by atoms with E-state index < -0.39 is 6.36 Å². The highest BCUT2D eigenvalue weighted by atomic mass is 35.5. The summed E-state index contributed by atoms with van der Waals surface area (Å²) >= 11 is 6.12. The zero-order valence-corrected chi connectivity index (χ0v) is 21.3. The molecule has 0 unspecified atom stereocenters. The second kappa shape index (κ2) is 10.3. The molecule has 0 radical (unpaired) electrons. The molecule has 3 fully saturated rings. The van der Waals surface area contributed by atoms with Gasteiger partial charge in [-0.1, -0.05) is 24.4 Å². The van der Waals surface area contributed by atoms with Gasteiger partial charge in [-0.15, -0.1) is 13.2 Å². The molecule has 1 aliphatic heterocycles. The number of hydrogen-bond donors (Lipinski definition) is 2. The van der Waals surface area contributed by atoms with E-state index in [4.69, 9.17) is 16.0 Å². The van der Waals surface area contributed by atoms with Crippen LogP contribution in [0.1, 0.15) is 38.5 Å². The fraction of sp³-hybridized carbons (Fsp3) is 0.500. The number of piperidine rings is 1. The summed E-state index contributed by atoms with van der Waals surface area (Å²) in [6, 6.07) is 8.92. The normalized spacial score (nSPS) is 27.1. The SMILES string of the molecule is FC(F)(F)Oc1ccc(-c2cnc(N[C@@H]3CCCC[C@H]3N[C@H]3C[C@@H]4C[C@H]3N(c3cc(Cl)ncn3)C4)o2)cc1. The van der Waals surface area contributed by atoms with E-state index in [9.17, 15) is 13.2 Å². The minimum absolute atomic E-state index is 0.152. The fourth-order valence-corrected chi connectivity index (χ4v) is 6.32. The van der Waals surface area contributed by atoms with Gasteiger partial charge in [0.05, 0.1) is 6.20 Å². The fourth-order valence-electron chi connectivity index (χ4n) is 6.18. The standard InChI is InChI=1S/C26H28ClF3N6O2/c27-23-11-24(33-14-32-23)36-13-15-9-20(21(36)10-15)34-18-3-1-2-4-19(18)35-25-31-12-22(37-25)16-5-7-17(8-6-16)38-26(28,29)30/h5-8,11-12,14-15,18-21,34H,1-4,9-10,13H2,(H,31,35)/t15-,18-,19-,20+,21-/m1/s1. The molecule has 12 heteroatoms. The summed E-state index contributed by atoms with van der Waals surface area (Å²) in [6.07, 6.45) is 4.97. The van der Waals surface area contributed by atoms with Crippen molar-refractivity contribution >= 4 is 23.4 Å². The first-order valence-electron chi connectivity index (χ1n) is 12.9. The molecule has 0 spiro atoms. The monoisotopic (exact) mass is 548 g/mol. The maximum atomic E-state index is 12.4. The largest absolute Gasteiger partial charge is 0.573 e. The molecule has 6 rings (SSSR count). The summed E-state index contributed by atoms with van der Waals surface area (Å²) in [4.78, 5) is 15.2. The van der Waals surface area contributed by atoms with Crippen molar-refractivity contribution in [2.24, 2.45) is 5.92 Å². The first-order chi connectivity index (χ1) is 18.3. The van der Waals surface area contributed by atoms with Crippen LogP contribution in [0.25, 0.3) is 11.3 Å². The van der Waals surface area contributed by atoms with Crippen LogP contribution >= 0.6 is 11.6 Å². The van der Waals surface area contributed by atoms with Crippen molar-refractivity contribution in [3.8, 4) is 17.1 Å². The van der Waals surface area contributed by atoms with Gasteiger partial charge in [-0.3, -0.25) is 0 Å². The summed E-state index contributed by atoms with van der Waals surface area (Å²) in [5.74, 6) is 1.70. The van der Waals surface area contributed by atoms with Gasteiger partial charge in [-0.25, -0.2) is 15.0 Å². The van der Waals surface area contributed by atoms with Crippen molar-refractivity contribution in [1.29, 1.82) is 0 Å². The average Bonchev–Trinajstić information content (AvgIpc) is 3.61. The van der Waals surface area contributed by atoms with Crippen LogP contribution in [-0.4, -0.2) is 52.0 Å². The molecule has 5 atom stereocenters. The average molecular weight is 549 g/mol. The molecule has 1 aromatic carbocycles. The Morgan fingerprint density at radius 1 is 1.00 bits per heavy atom. The third-order valence-corrected chi connectivity index (χ3v) is 7.98. The van der Waals surface area contributed by atoms with E-state index in [0.717, 1.165) is 50.9 Å². The lowest BCUT2D eigenvalue weighted by Crippen LogP contribution is -2.56. The van der Waals surface area contributed by atoms with E-state index in [1.165, 1.54) is 30.6 Å². The van der Waals surface area contributed by atoms with Gasteiger partial charge in [-0.05, 0) is 55.9 Å². The molecule has 3 aromatic rings. The van der Waals surface area contributed by atoms with Crippen LogP contribution in [0.2, 0.25) is 5.15 Å². The van der Waals surface area contributed by atoms with Crippen LogP contribution in [0, 0.1) is 5.92 Å².